The van der Waals surface area contributed by atoms with Crippen LogP contribution in [0.1, 0.15) is 37.9 Å². The molecule has 1 aliphatic rings. The quantitative estimate of drug-likeness (QED) is 0.337. The molecule has 10 heteroatoms. The van der Waals surface area contributed by atoms with Crippen LogP contribution in [-0.4, -0.2) is 23.1 Å². The van der Waals surface area contributed by atoms with Gasteiger partial charge in [-0.25, -0.2) is 9.79 Å². The number of benzene rings is 2. The summed E-state index contributed by atoms with van der Waals surface area (Å²) in [5.74, 6) is -0.716. The normalized spacial score (nSPS) is 15.5. The van der Waals surface area contributed by atoms with Crippen molar-refractivity contribution in [3.8, 4) is 5.75 Å². The van der Waals surface area contributed by atoms with Crippen molar-refractivity contribution in [1.29, 1.82) is 0 Å². The number of carbonyl (C=O) groups is 2. The van der Waals surface area contributed by atoms with E-state index in [-0.39, 0.29) is 17.7 Å². The fourth-order valence-electron chi connectivity index (χ4n) is 3.80. The van der Waals surface area contributed by atoms with Crippen molar-refractivity contribution in [2.75, 3.05) is 6.61 Å². The molecule has 35 heavy (non-hydrogen) atoms. The smallest absolute Gasteiger partial charge is 0.338 e. The van der Waals surface area contributed by atoms with E-state index in [1.165, 1.54) is 22.8 Å². The summed E-state index contributed by atoms with van der Waals surface area (Å²) in [6, 6.07) is 11.4. The fourth-order valence-corrected chi connectivity index (χ4v) is 5.46. The molecule has 1 atom stereocenters. The topological polar surface area (TPSA) is 87.0 Å². The molecular weight excluding hydrogens is 556 g/mol. The molecule has 0 saturated heterocycles. The van der Waals surface area contributed by atoms with Crippen LogP contribution in [0.5, 0.6) is 5.75 Å². The highest BCUT2D eigenvalue weighted by atomic mass is 79.9. The Labute approximate surface area is 218 Å². The Morgan fingerprint density at radius 1 is 1.26 bits per heavy atom. The zero-order valence-corrected chi connectivity index (χ0v) is 22.2. The summed E-state index contributed by atoms with van der Waals surface area (Å²) < 4.78 is 13.2. The molecule has 0 radical (unpaired) electrons. The first-order chi connectivity index (χ1) is 16.7. The predicted octanol–water partition coefficient (Wildman–Crippen LogP) is 4.14. The summed E-state index contributed by atoms with van der Waals surface area (Å²) in [7, 11) is 0. The van der Waals surface area contributed by atoms with Gasteiger partial charge >= 0.3 is 11.9 Å². The summed E-state index contributed by atoms with van der Waals surface area (Å²) in [6.45, 7) is 4.91. The number of halogens is 2. The van der Waals surface area contributed by atoms with Gasteiger partial charge in [-0.15, -0.1) is 0 Å². The van der Waals surface area contributed by atoms with Crippen molar-refractivity contribution in [3.05, 3.63) is 94.0 Å². The number of fused-ring (bicyclic) bond motifs is 1. The highest BCUT2D eigenvalue weighted by Crippen LogP contribution is 2.34. The minimum absolute atomic E-state index is 0.178. The molecule has 4 rings (SSSR count). The Bertz CT molecular complexity index is 1560. The molecule has 0 spiro atoms. The number of thiazole rings is 1. The Morgan fingerprint density at radius 2 is 2.00 bits per heavy atom. The van der Waals surface area contributed by atoms with Crippen LogP contribution in [0, 0.1) is 0 Å². The number of nitrogens with zero attached hydrogens (tertiary/aromatic N) is 2. The first-order valence-electron chi connectivity index (χ1n) is 10.6. The maximum absolute atomic E-state index is 13.7. The fraction of sp³-hybridized carbons (Fsp3) is 0.200. The molecule has 7 nitrogen and oxygen atoms in total. The highest BCUT2D eigenvalue weighted by Gasteiger charge is 2.34. The second-order valence-electron chi connectivity index (χ2n) is 7.60. The van der Waals surface area contributed by atoms with Crippen LogP contribution in [0.3, 0.4) is 0 Å². The first-order valence-corrected chi connectivity index (χ1v) is 12.6. The molecule has 1 aliphatic heterocycles. The van der Waals surface area contributed by atoms with Gasteiger partial charge in [0, 0.05) is 22.0 Å². The van der Waals surface area contributed by atoms with Crippen molar-refractivity contribution in [3.63, 3.8) is 0 Å². The summed E-state index contributed by atoms with van der Waals surface area (Å²) in [5.41, 5.74) is 1.46. The van der Waals surface area contributed by atoms with Gasteiger partial charge in [-0.2, -0.15) is 0 Å². The van der Waals surface area contributed by atoms with Crippen molar-refractivity contribution in [2.24, 2.45) is 4.99 Å². The highest BCUT2D eigenvalue weighted by molar-refractivity contribution is 9.10. The summed E-state index contributed by atoms with van der Waals surface area (Å²) in [6.07, 6.45) is 1.64. The number of allylic oxidation sites excluding steroid dienone is 1. The molecule has 0 bridgehead atoms. The lowest BCUT2D eigenvalue weighted by atomic mass is 9.96. The number of carbonyl (C=O) groups excluding carboxylic acids is 2. The van der Waals surface area contributed by atoms with Gasteiger partial charge in [-0.3, -0.25) is 14.2 Å². The average molecular weight is 576 g/mol. The zero-order valence-electron chi connectivity index (χ0n) is 19.0. The first kappa shape index (κ1) is 25.1. The van der Waals surface area contributed by atoms with Crippen molar-refractivity contribution in [2.45, 2.75) is 26.8 Å². The van der Waals surface area contributed by atoms with Crippen LogP contribution in [0.4, 0.5) is 0 Å². The van der Waals surface area contributed by atoms with Gasteiger partial charge in [0.15, 0.2) is 4.80 Å². The minimum Gasteiger partial charge on any atom is -0.463 e. The van der Waals surface area contributed by atoms with Gasteiger partial charge < -0.3 is 9.47 Å². The van der Waals surface area contributed by atoms with E-state index in [9.17, 15) is 14.4 Å². The second-order valence-corrected chi connectivity index (χ2v) is 9.93. The third-order valence-electron chi connectivity index (χ3n) is 5.23. The summed E-state index contributed by atoms with van der Waals surface area (Å²) in [5, 5.41) is 0.410. The number of ether oxygens (including phenoxy) is 2. The molecule has 1 unspecified atom stereocenters. The van der Waals surface area contributed by atoms with Crippen LogP contribution in [0.2, 0.25) is 5.02 Å². The van der Waals surface area contributed by atoms with Crippen LogP contribution in [0.15, 0.2) is 68.0 Å². The van der Waals surface area contributed by atoms with E-state index in [1.807, 2.05) is 0 Å². The SMILES string of the molecule is CCOC(=O)C1=C(C)N=c2s/c(=C/c3cc(Br)ccc3OC(C)=O)c(=O)n2C1c1ccccc1Cl. The number of rotatable bonds is 5. The maximum atomic E-state index is 13.7. The number of esters is 2. The molecule has 0 saturated carbocycles. The lowest BCUT2D eigenvalue weighted by Crippen LogP contribution is -2.40. The molecule has 0 amide bonds. The Balaban J connectivity index is 1.98. The van der Waals surface area contributed by atoms with Gasteiger partial charge in [-0.1, -0.05) is 57.1 Å². The number of aromatic nitrogens is 1. The lowest BCUT2D eigenvalue weighted by Gasteiger charge is -2.25. The standard InChI is InChI=1S/C25H20BrClN2O5S/c1-4-33-24(32)21-13(2)28-25-29(22(21)17-7-5-6-8-18(17)27)23(31)20(35-25)12-15-11-16(26)9-10-19(15)34-14(3)30/h5-12,22H,4H2,1-3H3/b20-12+. The van der Waals surface area contributed by atoms with Crippen molar-refractivity contribution in [1.82, 2.24) is 4.57 Å². The molecule has 0 N–H and O–H groups in total. The Kier molecular flexibility index (Phi) is 7.39. The van der Waals surface area contributed by atoms with Gasteiger partial charge in [0.05, 0.1) is 22.4 Å². The lowest BCUT2D eigenvalue weighted by molar-refractivity contribution is -0.139. The molecule has 1 aromatic heterocycles. The molecule has 0 aliphatic carbocycles. The van der Waals surface area contributed by atoms with Gasteiger partial charge in [0.25, 0.3) is 5.56 Å². The second kappa shape index (κ2) is 10.3. The van der Waals surface area contributed by atoms with Gasteiger partial charge in [-0.05, 0) is 49.8 Å². The van der Waals surface area contributed by atoms with E-state index in [2.05, 4.69) is 20.9 Å². The van der Waals surface area contributed by atoms with Crippen LogP contribution in [0.25, 0.3) is 6.08 Å². The van der Waals surface area contributed by atoms with E-state index in [0.717, 1.165) is 4.47 Å². The maximum Gasteiger partial charge on any atom is 0.338 e. The Morgan fingerprint density at radius 3 is 2.69 bits per heavy atom. The molecule has 3 aromatic rings. The predicted molar refractivity (Wildman–Crippen MR) is 137 cm³/mol. The molecule has 2 aromatic carbocycles. The molecule has 0 fully saturated rings. The largest absolute Gasteiger partial charge is 0.463 e. The molecular formula is C25H20BrClN2O5S. The minimum atomic E-state index is -0.809. The number of hydrogen-bond donors (Lipinski definition) is 0. The van der Waals surface area contributed by atoms with Crippen molar-refractivity contribution >= 4 is 56.9 Å². The third-order valence-corrected chi connectivity index (χ3v) is 7.05. The van der Waals surface area contributed by atoms with E-state index in [4.69, 9.17) is 21.1 Å². The Hall–Kier alpha value is -3.01. The number of hydrogen-bond acceptors (Lipinski definition) is 7. The van der Waals surface area contributed by atoms with Crippen LogP contribution >= 0.6 is 38.9 Å². The van der Waals surface area contributed by atoms with Gasteiger partial charge in [0.2, 0.25) is 0 Å². The van der Waals surface area contributed by atoms with E-state index in [0.29, 0.717) is 36.9 Å². The van der Waals surface area contributed by atoms with E-state index in [1.54, 1.807) is 62.4 Å². The van der Waals surface area contributed by atoms with Crippen molar-refractivity contribution < 1.29 is 19.1 Å². The van der Waals surface area contributed by atoms with E-state index < -0.39 is 18.0 Å². The zero-order chi connectivity index (χ0) is 25.3. The molecule has 2 heterocycles. The van der Waals surface area contributed by atoms with Crippen LogP contribution < -0.4 is 19.6 Å². The summed E-state index contributed by atoms with van der Waals surface area (Å²) >= 11 is 11.1. The average Bonchev–Trinajstić information content (AvgIpc) is 3.09. The van der Waals surface area contributed by atoms with Gasteiger partial charge in [0.1, 0.15) is 11.8 Å². The van der Waals surface area contributed by atoms with Crippen LogP contribution in [-0.2, 0) is 14.3 Å². The van der Waals surface area contributed by atoms with E-state index >= 15 is 0 Å². The third kappa shape index (κ3) is 5.03. The molecule has 180 valence electrons. The summed E-state index contributed by atoms with van der Waals surface area (Å²) in [4.78, 5) is 43.2. The monoisotopic (exact) mass is 574 g/mol.